The largest absolute Gasteiger partial charge is 0.367 e. The Balaban J connectivity index is 2.12. The Morgan fingerprint density at radius 2 is 2.55 bits per heavy atom. The Labute approximate surface area is 66.1 Å². The first-order valence-corrected chi connectivity index (χ1v) is 3.91. The van der Waals surface area contributed by atoms with Gasteiger partial charge in [0.1, 0.15) is 6.61 Å². The molecule has 0 radical (unpaired) electrons. The van der Waals surface area contributed by atoms with E-state index in [1.54, 1.807) is 0 Å². The van der Waals surface area contributed by atoms with Crippen LogP contribution in [-0.4, -0.2) is 31.7 Å². The molecule has 1 fully saturated rings. The molecule has 0 aromatic carbocycles. The van der Waals surface area contributed by atoms with Gasteiger partial charge in [-0.05, 0) is 19.4 Å². The van der Waals surface area contributed by atoms with Gasteiger partial charge in [-0.3, -0.25) is 4.79 Å². The molecule has 0 bridgehead atoms. The van der Waals surface area contributed by atoms with Crippen molar-refractivity contribution in [3.63, 3.8) is 0 Å². The SMILES string of the molecule is NCCCC1CNC(=O)CO1. The number of morpholine rings is 1. The van der Waals surface area contributed by atoms with Crippen molar-refractivity contribution >= 4 is 5.91 Å². The first-order chi connectivity index (χ1) is 5.33. The molecular formula is C7H14N2O2. The second-order valence-corrected chi connectivity index (χ2v) is 2.67. The molecule has 1 saturated heterocycles. The van der Waals surface area contributed by atoms with Crippen molar-refractivity contribution in [2.24, 2.45) is 5.73 Å². The topological polar surface area (TPSA) is 64.3 Å². The van der Waals surface area contributed by atoms with Crippen molar-refractivity contribution in [1.82, 2.24) is 5.32 Å². The van der Waals surface area contributed by atoms with Gasteiger partial charge in [0, 0.05) is 6.54 Å². The lowest BCUT2D eigenvalue weighted by Crippen LogP contribution is -2.43. The smallest absolute Gasteiger partial charge is 0.246 e. The predicted octanol–water partition coefficient (Wildman–Crippen LogP) is -0.760. The summed E-state index contributed by atoms with van der Waals surface area (Å²) in [5.41, 5.74) is 5.33. The number of nitrogens with two attached hydrogens (primary N) is 1. The van der Waals surface area contributed by atoms with Gasteiger partial charge in [0.05, 0.1) is 6.10 Å². The number of carbonyl (C=O) groups is 1. The van der Waals surface area contributed by atoms with Crippen LogP contribution in [0.25, 0.3) is 0 Å². The van der Waals surface area contributed by atoms with E-state index in [9.17, 15) is 4.79 Å². The summed E-state index contributed by atoms with van der Waals surface area (Å²) in [5, 5.41) is 2.74. The van der Waals surface area contributed by atoms with E-state index in [0.717, 1.165) is 12.8 Å². The predicted molar refractivity (Wildman–Crippen MR) is 41.0 cm³/mol. The van der Waals surface area contributed by atoms with Crippen LogP contribution in [0.4, 0.5) is 0 Å². The fourth-order valence-electron chi connectivity index (χ4n) is 1.06. The van der Waals surface area contributed by atoms with E-state index < -0.39 is 0 Å². The molecule has 1 atom stereocenters. The third kappa shape index (κ3) is 2.86. The summed E-state index contributed by atoms with van der Waals surface area (Å²) in [4.78, 5) is 10.6. The lowest BCUT2D eigenvalue weighted by molar-refractivity contribution is -0.133. The molecule has 64 valence electrons. The van der Waals surface area contributed by atoms with Crippen LogP contribution in [0.5, 0.6) is 0 Å². The van der Waals surface area contributed by atoms with E-state index in [4.69, 9.17) is 10.5 Å². The molecule has 4 nitrogen and oxygen atoms in total. The van der Waals surface area contributed by atoms with E-state index >= 15 is 0 Å². The zero-order chi connectivity index (χ0) is 8.10. The first-order valence-electron chi connectivity index (χ1n) is 3.91. The molecule has 0 spiro atoms. The van der Waals surface area contributed by atoms with Crippen molar-refractivity contribution < 1.29 is 9.53 Å². The van der Waals surface area contributed by atoms with Gasteiger partial charge in [0.25, 0.3) is 0 Å². The number of hydrogen-bond donors (Lipinski definition) is 2. The van der Waals surface area contributed by atoms with Crippen LogP contribution in [0.1, 0.15) is 12.8 Å². The summed E-state index contributed by atoms with van der Waals surface area (Å²) in [7, 11) is 0. The zero-order valence-corrected chi connectivity index (χ0v) is 6.51. The van der Waals surface area contributed by atoms with Crippen LogP contribution < -0.4 is 11.1 Å². The molecule has 4 heteroatoms. The summed E-state index contributed by atoms with van der Waals surface area (Å²) in [6.07, 6.45) is 2.08. The highest BCUT2D eigenvalue weighted by molar-refractivity contribution is 5.77. The molecule has 1 amide bonds. The maximum absolute atomic E-state index is 10.6. The lowest BCUT2D eigenvalue weighted by atomic mass is 10.2. The molecule has 0 aromatic heterocycles. The van der Waals surface area contributed by atoms with Gasteiger partial charge >= 0.3 is 0 Å². The molecular weight excluding hydrogens is 144 g/mol. The minimum Gasteiger partial charge on any atom is -0.367 e. The van der Waals surface area contributed by atoms with E-state index in [0.29, 0.717) is 13.1 Å². The number of hydrogen-bond acceptors (Lipinski definition) is 3. The fourth-order valence-corrected chi connectivity index (χ4v) is 1.06. The standard InChI is InChI=1S/C7H14N2O2/c8-3-1-2-6-4-9-7(10)5-11-6/h6H,1-5,8H2,(H,9,10). The fraction of sp³-hybridized carbons (Fsp3) is 0.857. The van der Waals surface area contributed by atoms with Gasteiger partial charge in [-0.25, -0.2) is 0 Å². The van der Waals surface area contributed by atoms with Crippen molar-refractivity contribution in [3.8, 4) is 0 Å². The van der Waals surface area contributed by atoms with Crippen LogP contribution in [-0.2, 0) is 9.53 Å². The minimum absolute atomic E-state index is 0.0194. The maximum Gasteiger partial charge on any atom is 0.246 e. The Bertz CT molecular complexity index is 128. The third-order valence-corrected chi connectivity index (χ3v) is 1.71. The van der Waals surface area contributed by atoms with Gasteiger partial charge in [0.15, 0.2) is 0 Å². The van der Waals surface area contributed by atoms with Crippen molar-refractivity contribution in [1.29, 1.82) is 0 Å². The normalized spacial score (nSPS) is 24.8. The second kappa shape index (κ2) is 4.31. The maximum atomic E-state index is 10.6. The number of nitrogens with one attached hydrogen (secondary N) is 1. The molecule has 1 rings (SSSR count). The van der Waals surface area contributed by atoms with Crippen molar-refractivity contribution in [2.45, 2.75) is 18.9 Å². The quantitative estimate of drug-likeness (QED) is 0.567. The van der Waals surface area contributed by atoms with Crippen LogP contribution in [0.2, 0.25) is 0 Å². The summed E-state index contributed by atoms with van der Waals surface area (Å²) < 4.78 is 5.22. The second-order valence-electron chi connectivity index (χ2n) is 2.67. The van der Waals surface area contributed by atoms with Crippen LogP contribution in [0, 0.1) is 0 Å². The third-order valence-electron chi connectivity index (χ3n) is 1.71. The summed E-state index contributed by atoms with van der Waals surface area (Å²) >= 11 is 0. The minimum atomic E-state index is -0.0194. The average molecular weight is 158 g/mol. The lowest BCUT2D eigenvalue weighted by Gasteiger charge is -2.22. The number of rotatable bonds is 3. The zero-order valence-electron chi connectivity index (χ0n) is 6.51. The van der Waals surface area contributed by atoms with E-state index in [-0.39, 0.29) is 18.6 Å². The van der Waals surface area contributed by atoms with Gasteiger partial charge in [-0.15, -0.1) is 0 Å². The molecule has 1 aliphatic heterocycles. The Morgan fingerprint density at radius 1 is 1.73 bits per heavy atom. The van der Waals surface area contributed by atoms with Crippen LogP contribution in [0.3, 0.4) is 0 Å². The molecule has 11 heavy (non-hydrogen) atoms. The molecule has 0 aromatic rings. The summed E-state index contributed by atoms with van der Waals surface area (Å²) in [6, 6.07) is 0. The highest BCUT2D eigenvalue weighted by Crippen LogP contribution is 2.03. The number of carbonyl (C=O) groups excluding carboxylic acids is 1. The Kier molecular flexibility index (Phi) is 3.32. The van der Waals surface area contributed by atoms with Crippen molar-refractivity contribution in [2.75, 3.05) is 19.7 Å². The summed E-state index contributed by atoms with van der Waals surface area (Å²) in [5.74, 6) is -0.0194. The summed E-state index contributed by atoms with van der Waals surface area (Å²) in [6.45, 7) is 1.53. The van der Waals surface area contributed by atoms with Gasteiger partial charge in [0.2, 0.25) is 5.91 Å². The molecule has 1 unspecified atom stereocenters. The molecule has 1 heterocycles. The Morgan fingerprint density at radius 3 is 3.09 bits per heavy atom. The Hall–Kier alpha value is -0.610. The number of ether oxygens (including phenoxy) is 1. The first kappa shape index (κ1) is 8.49. The van der Waals surface area contributed by atoms with Crippen molar-refractivity contribution in [3.05, 3.63) is 0 Å². The number of amides is 1. The molecule has 1 aliphatic rings. The van der Waals surface area contributed by atoms with E-state index in [1.807, 2.05) is 0 Å². The average Bonchev–Trinajstić information content (AvgIpc) is 2.04. The van der Waals surface area contributed by atoms with Crippen LogP contribution in [0.15, 0.2) is 0 Å². The molecule has 0 saturated carbocycles. The molecule has 0 aliphatic carbocycles. The monoisotopic (exact) mass is 158 g/mol. The van der Waals surface area contributed by atoms with Gasteiger partial charge < -0.3 is 15.8 Å². The highest BCUT2D eigenvalue weighted by Gasteiger charge is 2.16. The van der Waals surface area contributed by atoms with Crippen LogP contribution >= 0.6 is 0 Å². The van der Waals surface area contributed by atoms with Gasteiger partial charge in [-0.1, -0.05) is 0 Å². The van der Waals surface area contributed by atoms with E-state index in [2.05, 4.69) is 5.32 Å². The van der Waals surface area contributed by atoms with E-state index in [1.165, 1.54) is 0 Å². The molecule has 3 N–H and O–H groups in total. The van der Waals surface area contributed by atoms with Gasteiger partial charge in [-0.2, -0.15) is 0 Å². The highest BCUT2D eigenvalue weighted by atomic mass is 16.5.